The molecule has 0 bridgehead atoms. The zero-order chi connectivity index (χ0) is 17.0. The quantitative estimate of drug-likeness (QED) is 0.582. The standard InChI is InChI=1S/C18H21ClFN3/c1-5-23(4)11-21-17-9-13(3)16(10-14(17)19)22-15-8-6-7-12(2)18(15)20/h6-11,22H,5H2,1-4H3/b21-11-. The molecule has 2 rings (SSSR count). The first-order valence-corrected chi connectivity index (χ1v) is 7.87. The monoisotopic (exact) mass is 333 g/mol. The van der Waals surface area contributed by atoms with Crippen molar-refractivity contribution in [3.63, 3.8) is 0 Å². The van der Waals surface area contributed by atoms with Crippen LogP contribution in [0.3, 0.4) is 0 Å². The lowest BCUT2D eigenvalue weighted by Gasteiger charge is -2.14. The summed E-state index contributed by atoms with van der Waals surface area (Å²) in [5, 5.41) is 3.62. The summed E-state index contributed by atoms with van der Waals surface area (Å²) in [6, 6.07) is 8.92. The molecule has 0 atom stereocenters. The van der Waals surface area contributed by atoms with Crippen molar-refractivity contribution in [3.05, 3.63) is 52.3 Å². The predicted octanol–water partition coefficient (Wildman–Crippen LogP) is 5.45. The van der Waals surface area contributed by atoms with E-state index in [9.17, 15) is 4.39 Å². The van der Waals surface area contributed by atoms with Gasteiger partial charge in [0.05, 0.1) is 22.7 Å². The molecule has 0 aliphatic rings. The first kappa shape index (κ1) is 17.3. The number of halogens is 2. The van der Waals surface area contributed by atoms with Crippen LogP contribution in [0.2, 0.25) is 5.02 Å². The van der Waals surface area contributed by atoms with Gasteiger partial charge in [0.2, 0.25) is 0 Å². The molecule has 0 aromatic heterocycles. The van der Waals surface area contributed by atoms with Crippen molar-refractivity contribution in [2.45, 2.75) is 20.8 Å². The van der Waals surface area contributed by atoms with Crippen LogP contribution in [0, 0.1) is 19.7 Å². The number of nitrogens with zero attached hydrogens (tertiary/aromatic N) is 2. The van der Waals surface area contributed by atoms with Crippen LogP contribution in [-0.2, 0) is 0 Å². The highest BCUT2D eigenvalue weighted by molar-refractivity contribution is 6.33. The van der Waals surface area contributed by atoms with Gasteiger partial charge in [-0.3, -0.25) is 0 Å². The molecule has 0 heterocycles. The summed E-state index contributed by atoms with van der Waals surface area (Å²) in [7, 11) is 1.95. The molecule has 5 heteroatoms. The van der Waals surface area contributed by atoms with Gasteiger partial charge in [0, 0.05) is 19.3 Å². The van der Waals surface area contributed by atoms with Gasteiger partial charge in [0.25, 0.3) is 0 Å². The fraction of sp³-hybridized carbons (Fsp3) is 0.278. The van der Waals surface area contributed by atoms with Crippen LogP contribution in [-0.4, -0.2) is 24.8 Å². The summed E-state index contributed by atoms with van der Waals surface area (Å²) in [5.74, 6) is -0.255. The number of nitrogens with one attached hydrogen (secondary N) is 1. The summed E-state index contributed by atoms with van der Waals surface area (Å²) < 4.78 is 14.1. The molecule has 0 saturated heterocycles. The summed E-state index contributed by atoms with van der Waals surface area (Å²) in [5.41, 5.74) is 3.44. The third-order valence-corrected chi connectivity index (χ3v) is 3.95. The van der Waals surface area contributed by atoms with Crippen LogP contribution in [0.15, 0.2) is 35.3 Å². The van der Waals surface area contributed by atoms with Gasteiger partial charge in [0.15, 0.2) is 0 Å². The highest BCUT2D eigenvalue weighted by Gasteiger charge is 2.09. The summed E-state index contributed by atoms with van der Waals surface area (Å²) >= 11 is 6.30. The second-order valence-electron chi connectivity index (χ2n) is 5.50. The van der Waals surface area contributed by atoms with E-state index in [1.54, 1.807) is 31.5 Å². The highest BCUT2D eigenvalue weighted by Crippen LogP contribution is 2.33. The second-order valence-corrected chi connectivity index (χ2v) is 5.90. The minimum Gasteiger partial charge on any atom is -0.366 e. The summed E-state index contributed by atoms with van der Waals surface area (Å²) in [6.45, 7) is 6.59. The molecule has 0 fully saturated rings. The minimum absolute atomic E-state index is 0.255. The lowest BCUT2D eigenvalue weighted by Crippen LogP contribution is -2.14. The van der Waals surface area contributed by atoms with Crippen LogP contribution < -0.4 is 5.32 Å². The Bertz CT molecular complexity index is 728. The molecule has 23 heavy (non-hydrogen) atoms. The van der Waals surface area contributed by atoms with Crippen LogP contribution in [0.5, 0.6) is 0 Å². The first-order valence-electron chi connectivity index (χ1n) is 7.49. The molecule has 122 valence electrons. The maximum Gasteiger partial charge on any atom is 0.149 e. The average molecular weight is 334 g/mol. The van der Waals surface area contributed by atoms with Crippen molar-refractivity contribution >= 4 is 35.0 Å². The molecule has 2 aromatic rings. The average Bonchev–Trinajstić information content (AvgIpc) is 2.53. The number of hydrogen-bond donors (Lipinski definition) is 1. The van der Waals surface area contributed by atoms with Gasteiger partial charge in [-0.25, -0.2) is 9.38 Å². The van der Waals surface area contributed by atoms with Gasteiger partial charge in [0.1, 0.15) is 5.82 Å². The third kappa shape index (κ3) is 4.23. The molecule has 2 aromatic carbocycles. The van der Waals surface area contributed by atoms with E-state index in [4.69, 9.17) is 11.6 Å². The molecule has 0 radical (unpaired) electrons. The van der Waals surface area contributed by atoms with Crippen LogP contribution in [0.1, 0.15) is 18.1 Å². The van der Waals surface area contributed by atoms with Crippen molar-refractivity contribution in [2.75, 3.05) is 18.9 Å². The number of aliphatic imine (C=N–C) groups is 1. The highest BCUT2D eigenvalue weighted by atomic mass is 35.5. The largest absolute Gasteiger partial charge is 0.366 e. The molecule has 0 aliphatic heterocycles. The molecule has 1 N–H and O–H groups in total. The normalized spacial score (nSPS) is 11.0. The molecule has 3 nitrogen and oxygen atoms in total. The van der Waals surface area contributed by atoms with Gasteiger partial charge in [-0.2, -0.15) is 0 Å². The molecule has 0 amide bonds. The number of hydrogen-bond acceptors (Lipinski definition) is 2. The first-order chi connectivity index (χ1) is 10.9. The lowest BCUT2D eigenvalue weighted by atomic mass is 10.1. The van der Waals surface area contributed by atoms with Gasteiger partial charge < -0.3 is 10.2 Å². The van der Waals surface area contributed by atoms with Crippen molar-refractivity contribution in [2.24, 2.45) is 4.99 Å². The van der Waals surface area contributed by atoms with Gasteiger partial charge >= 0.3 is 0 Å². The van der Waals surface area contributed by atoms with Crippen molar-refractivity contribution in [1.29, 1.82) is 0 Å². The SMILES string of the molecule is CCN(C)/C=N\c1cc(C)c(Nc2cccc(C)c2F)cc1Cl. The Kier molecular flexibility index (Phi) is 5.61. The fourth-order valence-electron chi connectivity index (χ4n) is 2.03. The van der Waals surface area contributed by atoms with E-state index in [-0.39, 0.29) is 5.82 Å². The van der Waals surface area contributed by atoms with Gasteiger partial charge in [-0.05, 0) is 50.1 Å². The van der Waals surface area contributed by atoms with E-state index >= 15 is 0 Å². The van der Waals surface area contributed by atoms with Crippen molar-refractivity contribution in [1.82, 2.24) is 4.90 Å². The van der Waals surface area contributed by atoms with E-state index in [0.29, 0.717) is 22.0 Å². The number of benzene rings is 2. The zero-order valence-electron chi connectivity index (χ0n) is 13.8. The van der Waals surface area contributed by atoms with E-state index in [0.717, 1.165) is 17.8 Å². The Balaban J connectivity index is 2.30. The van der Waals surface area contributed by atoms with E-state index in [1.165, 1.54) is 0 Å². The van der Waals surface area contributed by atoms with Crippen molar-refractivity contribution < 1.29 is 4.39 Å². The second kappa shape index (κ2) is 7.47. The molecule has 0 spiro atoms. The Hall–Kier alpha value is -2.07. The van der Waals surface area contributed by atoms with Gasteiger partial charge in [-0.1, -0.05) is 23.7 Å². The van der Waals surface area contributed by atoms with E-state index in [1.807, 2.05) is 37.9 Å². The van der Waals surface area contributed by atoms with Crippen molar-refractivity contribution in [3.8, 4) is 0 Å². The Morgan fingerprint density at radius 2 is 1.96 bits per heavy atom. The van der Waals surface area contributed by atoms with Gasteiger partial charge in [-0.15, -0.1) is 0 Å². The third-order valence-electron chi connectivity index (χ3n) is 3.65. The number of anilines is 2. The predicted molar refractivity (Wildman–Crippen MR) is 97.1 cm³/mol. The number of aryl methyl sites for hydroxylation is 2. The zero-order valence-corrected chi connectivity index (χ0v) is 14.6. The Labute approximate surface area is 141 Å². The summed E-state index contributed by atoms with van der Waals surface area (Å²) in [4.78, 5) is 6.34. The van der Waals surface area contributed by atoms with E-state index < -0.39 is 0 Å². The van der Waals surface area contributed by atoms with Crippen LogP contribution >= 0.6 is 11.6 Å². The smallest absolute Gasteiger partial charge is 0.149 e. The Morgan fingerprint density at radius 3 is 2.65 bits per heavy atom. The molecular weight excluding hydrogens is 313 g/mol. The minimum atomic E-state index is -0.255. The molecule has 0 aliphatic carbocycles. The molecule has 0 unspecified atom stereocenters. The maximum absolute atomic E-state index is 14.1. The maximum atomic E-state index is 14.1. The molecular formula is C18H21ClFN3. The van der Waals surface area contributed by atoms with Crippen LogP contribution in [0.25, 0.3) is 0 Å². The summed E-state index contributed by atoms with van der Waals surface area (Å²) in [6.07, 6.45) is 1.74. The fourth-order valence-corrected chi connectivity index (χ4v) is 2.24. The van der Waals surface area contributed by atoms with Crippen LogP contribution in [0.4, 0.5) is 21.5 Å². The molecule has 0 saturated carbocycles. The number of rotatable bonds is 5. The lowest BCUT2D eigenvalue weighted by molar-refractivity contribution is 0.552. The van der Waals surface area contributed by atoms with E-state index in [2.05, 4.69) is 10.3 Å². The topological polar surface area (TPSA) is 27.6 Å². The Morgan fingerprint density at radius 1 is 1.22 bits per heavy atom.